The van der Waals surface area contributed by atoms with Crippen molar-refractivity contribution in [1.82, 2.24) is 14.7 Å². The third kappa shape index (κ3) is 5.04. The highest BCUT2D eigenvalue weighted by atomic mass is 19.1. The summed E-state index contributed by atoms with van der Waals surface area (Å²) in [6, 6.07) is 11.7. The monoisotopic (exact) mass is 480 g/mol. The summed E-state index contributed by atoms with van der Waals surface area (Å²) < 4.78 is 15.2. The lowest BCUT2D eigenvalue weighted by molar-refractivity contribution is -0.129. The maximum Gasteiger partial charge on any atom is 0.257 e. The first-order chi connectivity index (χ1) is 16.9. The van der Waals surface area contributed by atoms with Gasteiger partial charge in [-0.25, -0.2) is 4.39 Å². The van der Waals surface area contributed by atoms with Crippen LogP contribution in [0.1, 0.15) is 34.0 Å². The van der Waals surface area contributed by atoms with Gasteiger partial charge in [0.15, 0.2) is 0 Å². The van der Waals surface area contributed by atoms with Gasteiger partial charge in [-0.05, 0) is 41.7 Å². The first kappa shape index (κ1) is 23.8. The number of carbonyl (C=O) groups excluding carboxylic acids is 2. The minimum absolute atomic E-state index is 0.0549. The first-order valence-corrected chi connectivity index (χ1v) is 12.5. The van der Waals surface area contributed by atoms with Crippen molar-refractivity contribution in [3.63, 3.8) is 0 Å². The molecule has 35 heavy (non-hydrogen) atoms. The fourth-order valence-corrected chi connectivity index (χ4v) is 5.56. The number of carbonyl (C=O) groups is 2. The fraction of sp³-hybridized carbons (Fsp3) is 0.481. The molecule has 8 heteroatoms. The van der Waals surface area contributed by atoms with Crippen LogP contribution in [-0.2, 0) is 24.2 Å². The Bertz CT molecular complexity index is 1120. The van der Waals surface area contributed by atoms with E-state index >= 15 is 4.39 Å². The molecule has 3 heterocycles. The van der Waals surface area contributed by atoms with Crippen LogP contribution in [0.5, 0.6) is 0 Å². The van der Waals surface area contributed by atoms with Crippen LogP contribution in [0.2, 0.25) is 0 Å². The van der Waals surface area contributed by atoms with Crippen molar-refractivity contribution in [3.8, 4) is 0 Å². The van der Waals surface area contributed by atoms with Crippen LogP contribution < -0.4 is 4.90 Å². The predicted octanol–water partition coefficient (Wildman–Crippen LogP) is 1.91. The summed E-state index contributed by atoms with van der Waals surface area (Å²) in [6.45, 7) is 6.90. The molecular weight excluding hydrogens is 447 g/mol. The third-order valence-electron chi connectivity index (χ3n) is 7.51. The van der Waals surface area contributed by atoms with Gasteiger partial charge in [-0.3, -0.25) is 14.5 Å². The summed E-state index contributed by atoms with van der Waals surface area (Å²) in [7, 11) is 0. The van der Waals surface area contributed by atoms with Crippen molar-refractivity contribution >= 4 is 17.5 Å². The van der Waals surface area contributed by atoms with Gasteiger partial charge in [0.1, 0.15) is 5.82 Å². The number of β-amino-alcohol motifs (C(OH)–C–C–N with tert-alkyl or cyclic N) is 1. The number of piperazine rings is 1. The molecule has 3 aliphatic heterocycles. The van der Waals surface area contributed by atoms with E-state index in [1.54, 1.807) is 16.7 Å². The second-order valence-corrected chi connectivity index (χ2v) is 9.86. The van der Waals surface area contributed by atoms with Crippen molar-refractivity contribution in [2.75, 3.05) is 57.3 Å². The lowest BCUT2D eigenvalue weighted by Crippen LogP contribution is -2.48. The number of aliphatic hydroxyl groups is 1. The Morgan fingerprint density at radius 3 is 2.43 bits per heavy atom. The minimum Gasteiger partial charge on any atom is -0.390 e. The molecule has 0 bridgehead atoms. The highest BCUT2D eigenvalue weighted by Gasteiger charge is 2.31. The van der Waals surface area contributed by atoms with Gasteiger partial charge in [0.25, 0.3) is 5.91 Å². The van der Waals surface area contributed by atoms with E-state index in [2.05, 4.69) is 28.0 Å². The summed E-state index contributed by atoms with van der Waals surface area (Å²) in [4.78, 5) is 32.4. The molecule has 0 aliphatic carbocycles. The molecule has 2 amide bonds. The van der Waals surface area contributed by atoms with Crippen molar-refractivity contribution in [2.45, 2.75) is 32.4 Å². The summed E-state index contributed by atoms with van der Waals surface area (Å²) in [6.07, 6.45) is 0.824. The van der Waals surface area contributed by atoms with E-state index in [4.69, 9.17) is 0 Å². The summed E-state index contributed by atoms with van der Waals surface area (Å²) in [5, 5.41) is 10.7. The normalized spacial score (nSPS) is 19.4. The van der Waals surface area contributed by atoms with Gasteiger partial charge in [-0.2, -0.15) is 0 Å². The Labute approximate surface area is 205 Å². The molecule has 0 unspecified atom stereocenters. The number of nitrogens with zero attached hydrogens (tertiary/aromatic N) is 4. The molecule has 1 atom stereocenters. The molecule has 0 spiro atoms. The first-order valence-electron chi connectivity index (χ1n) is 12.5. The van der Waals surface area contributed by atoms with E-state index in [-0.39, 0.29) is 23.9 Å². The number of anilines is 1. The molecule has 1 N–H and O–H groups in total. The van der Waals surface area contributed by atoms with Crippen LogP contribution >= 0.6 is 0 Å². The number of fused-ring (bicyclic) bond motifs is 2. The van der Waals surface area contributed by atoms with Crippen LogP contribution in [0.15, 0.2) is 36.4 Å². The molecule has 5 rings (SSSR count). The fourth-order valence-electron chi connectivity index (χ4n) is 5.56. The number of benzene rings is 2. The zero-order valence-electron chi connectivity index (χ0n) is 20.3. The molecule has 2 aromatic carbocycles. The molecule has 3 aliphatic rings. The molecule has 0 saturated carbocycles. The van der Waals surface area contributed by atoms with Gasteiger partial charge in [0.05, 0.1) is 11.7 Å². The topological polar surface area (TPSA) is 67.3 Å². The van der Waals surface area contributed by atoms with Crippen LogP contribution in [0.25, 0.3) is 0 Å². The van der Waals surface area contributed by atoms with E-state index in [1.807, 2.05) is 12.1 Å². The van der Waals surface area contributed by atoms with E-state index in [1.165, 1.54) is 17.2 Å². The third-order valence-corrected chi connectivity index (χ3v) is 7.51. The zero-order valence-corrected chi connectivity index (χ0v) is 20.3. The number of amides is 2. The Morgan fingerprint density at radius 2 is 1.69 bits per heavy atom. The molecule has 1 saturated heterocycles. The minimum atomic E-state index is -0.689. The quantitative estimate of drug-likeness (QED) is 0.708. The van der Waals surface area contributed by atoms with Crippen molar-refractivity contribution in [2.24, 2.45) is 0 Å². The van der Waals surface area contributed by atoms with E-state index in [9.17, 15) is 14.7 Å². The van der Waals surface area contributed by atoms with Crippen LogP contribution in [0.3, 0.4) is 0 Å². The van der Waals surface area contributed by atoms with Gasteiger partial charge in [0.2, 0.25) is 5.91 Å². The maximum absolute atomic E-state index is 15.2. The van der Waals surface area contributed by atoms with E-state index < -0.39 is 11.9 Å². The largest absolute Gasteiger partial charge is 0.390 e. The van der Waals surface area contributed by atoms with Crippen LogP contribution in [-0.4, -0.2) is 90.1 Å². The zero-order chi connectivity index (χ0) is 24.5. The van der Waals surface area contributed by atoms with Crippen LogP contribution in [0.4, 0.5) is 10.1 Å². The number of aliphatic hydroxyl groups excluding tert-OH is 1. The van der Waals surface area contributed by atoms with Crippen molar-refractivity contribution < 1.29 is 19.1 Å². The number of hydrogen-bond donors (Lipinski definition) is 1. The smallest absolute Gasteiger partial charge is 0.257 e. The number of hydrogen-bond acceptors (Lipinski definition) is 5. The molecule has 7 nitrogen and oxygen atoms in total. The molecule has 0 aromatic heterocycles. The molecule has 0 radical (unpaired) electrons. The summed E-state index contributed by atoms with van der Waals surface area (Å²) in [5.41, 5.74) is 4.25. The molecular formula is C27H33FN4O3. The van der Waals surface area contributed by atoms with Crippen molar-refractivity contribution in [1.29, 1.82) is 0 Å². The van der Waals surface area contributed by atoms with Crippen LogP contribution in [0, 0.1) is 5.82 Å². The second-order valence-electron chi connectivity index (χ2n) is 9.86. The highest BCUT2D eigenvalue weighted by molar-refractivity contribution is 5.97. The predicted molar refractivity (Wildman–Crippen MR) is 132 cm³/mol. The molecule has 1 fully saturated rings. The van der Waals surface area contributed by atoms with E-state index in [0.29, 0.717) is 45.7 Å². The van der Waals surface area contributed by atoms with Gasteiger partial charge >= 0.3 is 0 Å². The highest BCUT2D eigenvalue weighted by Crippen LogP contribution is 2.29. The van der Waals surface area contributed by atoms with Gasteiger partial charge in [-0.15, -0.1) is 0 Å². The maximum atomic E-state index is 15.2. The molecule has 2 aromatic rings. The average Bonchev–Trinajstić information content (AvgIpc) is 2.85. The van der Waals surface area contributed by atoms with Gasteiger partial charge in [0, 0.05) is 71.5 Å². The van der Waals surface area contributed by atoms with Gasteiger partial charge < -0.3 is 19.8 Å². The summed E-state index contributed by atoms with van der Waals surface area (Å²) >= 11 is 0. The Morgan fingerprint density at radius 1 is 0.971 bits per heavy atom. The standard InChI is InChI=1S/C27H33FN4O3/c1-19(33)30-10-12-31(13-11-30)23-14-21-7-9-32(27(35)26(21)25(28)15-23)18-24(34)17-29-8-6-20-4-2-3-5-22(20)16-29/h2-5,14-15,24,34H,6-13,16-18H2,1H3/t24-/m1/s1. The van der Waals surface area contributed by atoms with Gasteiger partial charge in [-0.1, -0.05) is 24.3 Å². The van der Waals surface area contributed by atoms with Crippen molar-refractivity contribution in [3.05, 3.63) is 64.5 Å². The molecule has 186 valence electrons. The second kappa shape index (κ2) is 9.95. The Kier molecular flexibility index (Phi) is 6.75. The Hall–Kier alpha value is -2.97. The number of halogens is 1. The number of rotatable bonds is 5. The lowest BCUT2D eigenvalue weighted by Gasteiger charge is -2.37. The van der Waals surface area contributed by atoms with E-state index in [0.717, 1.165) is 30.8 Å². The summed E-state index contributed by atoms with van der Waals surface area (Å²) in [5.74, 6) is -0.803. The SMILES string of the molecule is CC(=O)N1CCN(c2cc(F)c3c(c2)CCN(C[C@H](O)CN2CCc4ccccc4C2)C3=O)CC1. The Balaban J connectivity index is 1.21. The average molecular weight is 481 g/mol. The lowest BCUT2D eigenvalue weighted by atomic mass is 9.96.